The molecule has 0 aliphatic rings. The van der Waals surface area contributed by atoms with Crippen molar-refractivity contribution < 1.29 is 8.42 Å². The van der Waals surface area contributed by atoms with Crippen molar-refractivity contribution in [2.75, 3.05) is 16.7 Å². The van der Waals surface area contributed by atoms with Gasteiger partial charge in [0.05, 0.1) is 23.1 Å². The number of aromatic nitrogens is 1. The van der Waals surface area contributed by atoms with E-state index in [1.807, 2.05) is 0 Å². The van der Waals surface area contributed by atoms with Gasteiger partial charge in [-0.05, 0) is 24.3 Å². The molecule has 0 fully saturated rings. The van der Waals surface area contributed by atoms with E-state index >= 15 is 0 Å². The molecule has 6 heteroatoms. The predicted octanol–water partition coefficient (Wildman–Crippen LogP) is 1.19. The van der Waals surface area contributed by atoms with Crippen molar-refractivity contribution in [2.45, 2.75) is 0 Å². The summed E-state index contributed by atoms with van der Waals surface area (Å²) in [5, 5.41) is 0.688. The number of sulfonamides is 1. The molecule has 0 atom stereocenters. The van der Waals surface area contributed by atoms with Crippen LogP contribution in [-0.2, 0) is 10.0 Å². The second-order valence-electron chi connectivity index (χ2n) is 3.48. The number of hydrogen-bond acceptors (Lipinski definition) is 4. The van der Waals surface area contributed by atoms with Crippen LogP contribution in [0.15, 0.2) is 30.5 Å². The third-order valence-electron chi connectivity index (χ3n) is 2.10. The molecular formula is C10H11N3O2S. The topological polar surface area (TPSA) is 85.1 Å². The number of pyridine rings is 1. The summed E-state index contributed by atoms with van der Waals surface area (Å²) >= 11 is 0. The van der Waals surface area contributed by atoms with Gasteiger partial charge in [-0.2, -0.15) is 0 Å². The van der Waals surface area contributed by atoms with Crippen molar-refractivity contribution in [3.8, 4) is 0 Å². The highest BCUT2D eigenvalue weighted by Gasteiger charge is 2.08. The Morgan fingerprint density at radius 3 is 2.75 bits per heavy atom. The number of nitrogens with one attached hydrogen (secondary N) is 1. The maximum Gasteiger partial charge on any atom is 0.229 e. The van der Waals surface area contributed by atoms with Crippen LogP contribution in [-0.4, -0.2) is 19.7 Å². The third-order valence-corrected chi connectivity index (χ3v) is 2.69. The van der Waals surface area contributed by atoms with Crippen molar-refractivity contribution in [1.29, 1.82) is 0 Å². The van der Waals surface area contributed by atoms with E-state index in [2.05, 4.69) is 9.71 Å². The summed E-state index contributed by atoms with van der Waals surface area (Å²) in [6, 6.07) is 6.75. The van der Waals surface area contributed by atoms with Gasteiger partial charge in [0.1, 0.15) is 0 Å². The second kappa shape index (κ2) is 3.64. The van der Waals surface area contributed by atoms with E-state index in [4.69, 9.17) is 5.73 Å². The molecule has 5 nitrogen and oxygen atoms in total. The summed E-state index contributed by atoms with van der Waals surface area (Å²) < 4.78 is 24.8. The average Bonchev–Trinajstić information content (AvgIpc) is 2.21. The zero-order valence-corrected chi connectivity index (χ0v) is 9.45. The normalized spacial score (nSPS) is 11.6. The van der Waals surface area contributed by atoms with Gasteiger partial charge in [-0.1, -0.05) is 0 Å². The predicted molar refractivity (Wildman–Crippen MR) is 64.6 cm³/mol. The van der Waals surface area contributed by atoms with E-state index in [0.717, 1.165) is 6.26 Å². The van der Waals surface area contributed by atoms with Gasteiger partial charge in [0, 0.05) is 11.6 Å². The highest BCUT2D eigenvalue weighted by atomic mass is 32.2. The standard InChI is InChI=1S/C10H11N3O2S/c1-16(14,15)13-9-5-4-8(11)10-7(9)3-2-6-12-10/h2-6,13H,11H2,1H3. The Balaban J connectivity index is 2.68. The zero-order chi connectivity index (χ0) is 11.8. The molecule has 0 saturated carbocycles. The quantitative estimate of drug-likeness (QED) is 0.768. The Bertz CT molecular complexity index is 638. The van der Waals surface area contributed by atoms with Crippen molar-refractivity contribution in [3.63, 3.8) is 0 Å². The van der Waals surface area contributed by atoms with Crippen LogP contribution >= 0.6 is 0 Å². The van der Waals surface area contributed by atoms with Crippen molar-refractivity contribution >= 4 is 32.3 Å². The summed E-state index contributed by atoms with van der Waals surface area (Å²) in [4.78, 5) is 4.11. The lowest BCUT2D eigenvalue weighted by molar-refractivity contribution is 0.607. The largest absolute Gasteiger partial charge is 0.397 e. The van der Waals surface area contributed by atoms with Crippen LogP contribution < -0.4 is 10.5 Å². The fraction of sp³-hybridized carbons (Fsp3) is 0.100. The van der Waals surface area contributed by atoms with Crippen LogP contribution in [0.3, 0.4) is 0 Å². The van der Waals surface area contributed by atoms with Crippen LogP contribution in [0.1, 0.15) is 0 Å². The van der Waals surface area contributed by atoms with Crippen molar-refractivity contribution in [1.82, 2.24) is 4.98 Å². The van der Waals surface area contributed by atoms with Crippen molar-refractivity contribution in [3.05, 3.63) is 30.5 Å². The monoisotopic (exact) mass is 237 g/mol. The molecule has 1 aromatic heterocycles. The van der Waals surface area contributed by atoms with E-state index < -0.39 is 10.0 Å². The summed E-state index contributed by atoms with van der Waals surface area (Å²) in [5.74, 6) is 0. The molecular weight excluding hydrogens is 226 g/mol. The van der Waals surface area contributed by atoms with E-state index in [1.165, 1.54) is 0 Å². The highest BCUT2D eigenvalue weighted by molar-refractivity contribution is 7.92. The van der Waals surface area contributed by atoms with Crippen LogP contribution in [0.4, 0.5) is 11.4 Å². The van der Waals surface area contributed by atoms with Crippen LogP contribution in [0.2, 0.25) is 0 Å². The first-order valence-corrected chi connectivity index (χ1v) is 6.47. The first-order valence-electron chi connectivity index (χ1n) is 4.58. The van der Waals surface area contributed by atoms with E-state index in [0.29, 0.717) is 22.3 Å². The molecule has 3 N–H and O–H groups in total. The van der Waals surface area contributed by atoms with Crippen molar-refractivity contribution in [2.24, 2.45) is 0 Å². The van der Waals surface area contributed by atoms with Gasteiger partial charge in [-0.25, -0.2) is 8.42 Å². The number of nitrogens with two attached hydrogens (primary N) is 1. The lowest BCUT2D eigenvalue weighted by Crippen LogP contribution is -2.10. The SMILES string of the molecule is CS(=O)(=O)Nc1ccc(N)c2ncccc12. The number of rotatable bonds is 2. The number of fused-ring (bicyclic) bond motifs is 1. The second-order valence-corrected chi connectivity index (χ2v) is 5.22. The Labute approximate surface area is 93.3 Å². The van der Waals surface area contributed by atoms with Crippen LogP contribution in [0, 0.1) is 0 Å². The first kappa shape index (κ1) is 10.7. The highest BCUT2D eigenvalue weighted by Crippen LogP contribution is 2.26. The van der Waals surface area contributed by atoms with Crippen LogP contribution in [0.25, 0.3) is 10.9 Å². The molecule has 0 saturated heterocycles. The fourth-order valence-corrected chi connectivity index (χ4v) is 2.06. The van der Waals surface area contributed by atoms with Gasteiger partial charge >= 0.3 is 0 Å². The first-order chi connectivity index (χ1) is 7.47. The van der Waals surface area contributed by atoms with E-state index in [1.54, 1.807) is 30.5 Å². The number of anilines is 2. The Hall–Kier alpha value is -1.82. The molecule has 1 aromatic carbocycles. The molecule has 0 aliphatic carbocycles. The van der Waals surface area contributed by atoms with E-state index in [-0.39, 0.29) is 0 Å². The van der Waals surface area contributed by atoms with Gasteiger partial charge in [-0.3, -0.25) is 9.71 Å². The van der Waals surface area contributed by atoms with E-state index in [9.17, 15) is 8.42 Å². The molecule has 0 aliphatic heterocycles. The average molecular weight is 237 g/mol. The lowest BCUT2D eigenvalue weighted by atomic mass is 10.1. The van der Waals surface area contributed by atoms with Gasteiger partial charge < -0.3 is 5.73 Å². The van der Waals surface area contributed by atoms with Crippen LogP contribution in [0.5, 0.6) is 0 Å². The minimum absolute atomic E-state index is 0.486. The number of nitrogen functional groups attached to an aromatic ring is 1. The zero-order valence-electron chi connectivity index (χ0n) is 8.64. The van der Waals surface area contributed by atoms with Gasteiger partial charge in [0.25, 0.3) is 0 Å². The third kappa shape index (κ3) is 2.06. The minimum Gasteiger partial charge on any atom is -0.397 e. The molecule has 84 valence electrons. The molecule has 0 unspecified atom stereocenters. The summed E-state index contributed by atoms with van der Waals surface area (Å²) in [6.07, 6.45) is 2.72. The summed E-state index contributed by atoms with van der Waals surface area (Å²) in [7, 11) is -3.30. The molecule has 2 aromatic rings. The van der Waals surface area contributed by atoms with Gasteiger partial charge in [0.15, 0.2) is 0 Å². The Morgan fingerprint density at radius 2 is 2.06 bits per heavy atom. The number of benzene rings is 1. The molecule has 0 amide bonds. The maximum atomic E-state index is 11.2. The lowest BCUT2D eigenvalue weighted by Gasteiger charge is -2.08. The number of hydrogen-bond donors (Lipinski definition) is 2. The molecule has 0 spiro atoms. The molecule has 1 heterocycles. The molecule has 16 heavy (non-hydrogen) atoms. The smallest absolute Gasteiger partial charge is 0.229 e. The van der Waals surface area contributed by atoms with Gasteiger partial charge in [0.2, 0.25) is 10.0 Å². The minimum atomic E-state index is -3.30. The summed E-state index contributed by atoms with van der Waals surface area (Å²) in [5.41, 5.74) is 7.35. The summed E-state index contributed by atoms with van der Waals surface area (Å²) in [6.45, 7) is 0. The Kier molecular flexibility index (Phi) is 2.43. The molecule has 0 radical (unpaired) electrons. The number of nitrogens with zero attached hydrogens (tertiary/aromatic N) is 1. The maximum absolute atomic E-state index is 11.2. The molecule has 0 bridgehead atoms. The fourth-order valence-electron chi connectivity index (χ4n) is 1.48. The van der Waals surface area contributed by atoms with Gasteiger partial charge in [-0.15, -0.1) is 0 Å². The molecule has 2 rings (SSSR count). The Morgan fingerprint density at radius 1 is 1.31 bits per heavy atom.